The number of nitrogens with zero attached hydrogens (tertiary/aromatic N) is 1. The van der Waals surface area contributed by atoms with Crippen LogP contribution in [0.4, 0.5) is 0 Å². The number of aliphatic hydroxyl groups excluding tert-OH is 1. The minimum absolute atomic E-state index is 0.0809. The van der Waals surface area contributed by atoms with Crippen LogP contribution in [0.15, 0.2) is 35.3 Å². The number of hydrogen-bond acceptors (Lipinski definition) is 7. The Balaban J connectivity index is 2.69. The maximum Gasteiger partial charge on any atom is 0.326 e. The number of rotatable bonds is 14. The smallest absolute Gasteiger partial charge is 0.326 e. The fourth-order valence-corrected chi connectivity index (χ4v) is 2.72. The molecule has 13 nitrogen and oxygen atoms in total. The Bertz CT molecular complexity index is 829. The summed E-state index contributed by atoms with van der Waals surface area (Å²) in [4.78, 5) is 52.0. The van der Waals surface area contributed by atoms with Crippen LogP contribution in [0.2, 0.25) is 0 Å². The second kappa shape index (κ2) is 14.4. The molecule has 0 aliphatic heterocycles. The Morgan fingerprint density at radius 2 is 1.67 bits per heavy atom. The number of hydrogen-bond donors (Lipinski definition) is 8. The van der Waals surface area contributed by atoms with Crippen molar-refractivity contribution in [1.29, 1.82) is 0 Å². The molecule has 1 aromatic rings. The third kappa shape index (κ3) is 10.9. The van der Waals surface area contributed by atoms with Gasteiger partial charge < -0.3 is 43.4 Å². The van der Waals surface area contributed by atoms with Gasteiger partial charge in [0.05, 0.1) is 13.2 Å². The summed E-state index contributed by atoms with van der Waals surface area (Å²) < 4.78 is 0. The lowest BCUT2D eigenvalue weighted by molar-refractivity contribution is -0.142. The third-order valence-corrected chi connectivity index (χ3v) is 4.45. The van der Waals surface area contributed by atoms with Crippen LogP contribution in [-0.2, 0) is 25.6 Å². The second-order valence-corrected chi connectivity index (χ2v) is 7.16. The number of nitrogens with two attached hydrogens (primary N) is 3. The van der Waals surface area contributed by atoms with Gasteiger partial charge in [-0.3, -0.25) is 19.4 Å². The van der Waals surface area contributed by atoms with Crippen molar-refractivity contribution in [3.8, 4) is 0 Å². The lowest BCUT2D eigenvalue weighted by Gasteiger charge is -2.20. The van der Waals surface area contributed by atoms with E-state index in [2.05, 4.69) is 20.9 Å². The molecule has 33 heavy (non-hydrogen) atoms. The number of carboxylic acids is 1. The van der Waals surface area contributed by atoms with Crippen molar-refractivity contribution >= 4 is 29.7 Å². The molecule has 1 aromatic carbocycles. The van der Waals surface area contributed by atoms with Crippen molar-refractivity contribution < 1.29 is 29.4 Å². The first kappa shape index (κ1) is 27.3. The first-order chi connectivity index (χ1) is 15.6. The summed E-state index contributed by atoms with van der Waals surface area (Å²) in [5.74, 6) is -3.50. The molecule has 0 unspecified atom stereocenters. The van der Waals surface area contributed by atoms with Crippen LogP contribution in [0.1, 0.15) is 18.4 Å². The van der Waals surface area contributed by atoms with Crippen molar-refractivity contribution in [3.05, 3.63) is 35.9 Å². The molecule has 0 bridgehead atoms. The normalized spacial score (nSPS) is 13.2. The summed E-state index contributed by atoms with van der Waals surface area (Å²) >= 11 is 0. The molecule has 3 amide bonds. The van der Waals surface area contributed by atoms with Gasteiger partial charge in [0, 0.05) is 13.0 Å². The average Bonchev–Trinajstić information content (AvgIpc) is 2.78. The van der Waals surface area contributed by atoms with Crippen LogP contribution < -0.4 is 33.2 Å². The molecule has 0 spiro atoms. The molecule has 0 heterocycles. The molecule has 0 aliphatic carbocycles. The zero-order valence-electron chi connectivity index (χ0n) is 18.1. The quantitative estimate of drug-likeness (QED) is 0.0782. The number of aliphatic carboxylic acids is 1. The van der Waals surface area contributed by atoms with Gasteiger partial charge in [-0.2, -0.15) is 0 Å². The highest BCUT2D eigenvalue weighted by molar-refractivity contribution is 5.92. The molecule has 11 N–H and O–H groups in total. The van der Waals surface area contributed by atoms with Crippen LogP contribution in [-0.4, -0.2) is 77.7 Å². The van der Waals surface area contributed by atoms with Crippen molar-refractivity contribution in [2.75, 3.05) is 19.7 Å². The monoisotopic (exact) mass is 465 g/mol. The topological polar surface area (TPSA) is 235 Å². The van der Waals surface area contributed by atoms with Crippen LogP contribution >= 0.6 is 0 Å². The van der Waals surface area contributed by atoms with Gasteiger partial charge in [0.15, 0.2) is 5.96 Å². The van der Waals surface area contributed by atoms with E-state index in [-0.39, 0.29) is 25.3 Å². The van der Waals surface area contributed by atoms with Crippen molar-refractivity contribution in [3.63, 3.8) is 0 Å². The highest BCUT2D eigenvalue weighted by Crippen LogP contribution is 2.04. The third-order valence-electron chi connectivity index (χ3n) is 4.45. The summed E-state index contributed by atoms with van der Waals surface area (Å²) in [6, 6.07) is 5.35. The largest absolute Gasteiger partial charge is 0.480 e. The zero-order valence-corrected chi connectivity index (χ0v) is 18.1. The van der Waals surface area contributed by atoms with Crippen LogP contribution in [0.25, 0.3) is 0 Å². The Labute approximate surface area is 190 Å². The lowest BCUT2D eigenvalue weighted by Crippen LogP contribution is -2.54. The van der Waals surface area contributed by atoms with Crippen molar-refractivity contribution in [1.82, 2.24) is 16.0 Å². The molecule has 0 fully saturated rings. The van der Waals surface area contributed by atoms with E-state index in [1.54, 1.807) is 30.3 Å². The number of benzene rings is 1. The van der Waals surface area contributed by atoms with E-state index < -0.39 is 55.0 Å². The molecule has 3 atom stereocenters. The van der Waals surface area contributed by atoms with E-state index in [0.717, 1.165) is 5.56 Å². The predicted octanol–water partition coefficient (Wildman–Crippen LogP) is -3.23. The van der Waals surface area contributed by atoms with Gasteiger partial charge in [-0.05, 0) is 18.4 Å². The Hall–Kier alpha value is -3.71. The molecular formula is C20H31N7O6. The number of carboxylic acid groups (broad SMARTS) is 1. The zero-order chi connectivity index (χ0) is 24.8. The van der Waals surface area contributed by atoms with Crippen molar-refractivity contribution in [2.24, 2.45) is 22.2 Å². The summed E-state index contributed by atoms with van der Waals surface area (Å²) in [6.07, 6.45) is 0.510. The van der Waals surface area contributed by atoms with Gasteiger partial charge in [0.25, 0.3) is 0 Å². The second-order valence-electron chi connectivity index (χ2n) is 7.16. The number of carbonyl (C=O) groups is 4. The van der Waals surface area contributed by atoms with Gasteiger partial charge in [-0.1, -0.05) is 30.3 Å². The predicted molar refractivity (Wildman–Crippen MR) is 120 cm³/mol. The fraction of sp³-hybridized carbons (Fsp3) is 0.450. The first-order valence-electron chi connectivity index (χ1n) is 10.2. The lowest BCUT2D eigenvalue weighted by atomic mass is 10.0. The van der Waals surface area contributed by atoms with E-state index in [9.17, 15) is 24.3 Å². The minimum Gasteiger partial charge on any atom is -0.480 e. The summed E-state index contributed by atoms with van der Waals surface area (Å²) in [5, 5.41) is 25.5. The molecule has 0 aliphatic rings. The average molecular weight is 466 g/mol. The van der Waals surface area contributed by atoms with Gasteiger partial charge in [0.2, 0.25) is 17.7 Å². The number of aliphatic hydroxyl groups is 1. The van der Waals surface area contributed by atoms with E-state index in [1.807, 2.05) is 0 Å². The summed E-state index contributed by atoms with van der Waals surface area (Å²) in [7, 11) is 0. The highest BCUT2D eigenvalue weighted by atomic mass is 16.4. The van der Waals surface area contributed by atoms with E-state index in [0.29, 0.717) is 6.42 Å². The molecule has 0 radical (unpaired) electrons. The van der Waals surface area contributed by atoms with Gasteiger partial charge >= 0.3 is 5.97 Å². The number of amides is 3. The SMILES string of the molecule is NC(N)=NCCC[C@@H](NC(=O)CNC(=O)[C@H](Cc1ccccc1)NC(=O)[C@H](N)CO)C(=O)O. The van der Waals surface area contributed by atoms with E-state index in [1.165, 1.54) is 0 Å². The Morgan fingerprint density at radius 3 is 2.24 bits per heavy atom. The Morgan fingerprint density at radius 1 is 1.00 bits per heavy atom. The standard InChI is InChI=1S/C20H31N7O6/c21-13(11-28)17(30)27-15(9-12-5-2-1-3-6-12)18(31)25-10-16(29)26-14(19(32)33)7-4-8-24-20(22)23/h1-3,5-6,13-15,28H,4,7-11,21H2,(H,25,31)(H,26,29)(H,27,30)(H,32,33)(H4,22,23,24)/t13-,14-,15+/m1/s1. The molecule has 0 saturated carbocycles. The van der Waals surface area contributed by atoms with Crippen LogP contribution in [0, 0.1) is 0 Å². The molecule has 182 valence electrons. The van der Waals surface area contributed by atoms with Gasteiger partial charge in [-0.25, -0.2) is 4.79 Å². The number of nitrogens with one attached hydrogen (secondary N) is 3. The highest BCUT2D eigenvalue weighted by Gasteiger charge is 2.25. The van der Waals surface area contributed by atoms with E-state index >= 15 is 0 Å². The molecule has 0 saturated heterocycles. The maximum atomic E-state index is 12.6. The number of guanidine groups is 1. The fourth-order valence-electron chi connectivity index (χ4n) is 2.72. The molecule has 1 rings (SSSR count). The molecule has 13 heteroatoms. The maximum absolute atomic E-state index is 12.6. The molecular weight excluding hydrogens is 434 g/mol. The number of carbonyl (C=O) groups excluding carboxylic acids is 3. The molecule has 0 aromatic heterocycles. The van der Waals surface area contributed by atoms with Crippen molar-refractivity contribution in [2.45, 2.75) is 37.4 Å². The first-order valence-corrected chi connectivity index (χ1v) is 10.2. The number of aliphatic imine (C=N–C) groups is 1. The summed E-state index contributed by atoms with van der Waals surface area (Å²) in [6.45, 7) is -0.910. The minimum atomic E-state index is -1.24. The van der Waals surface area contributed by atoms with Gasteiger partial charge in [-0.15, -0.1) is 0 Å². The Kier molecular flexibility index (Phi) is 11.9. The van der Waals surface area contributed by atoms with Crippen LogP contribution in [0.3, 0.4) is 0 Å². The summed E-state index contributed by atoms with van der Waals surface area (Å²) in [5.41, 5.74) is 16.6. The van der Waals surface area contributed by atoms with Gasteiger partial charge in [0.1, 0.15) is 18.1 Å². The van der Waals surface area contributed by atoms with Crippen LogP contribution in [0.5, 0.6) is 0 Å². The van der Waals surface area contributed by atoms with E-state index in [4.69, 9.17) is 22.3 Å².